The molecule has 0 fully saturated rings. The van der Waals surface area contributed by atoms with E-state index in [2.05, 4.69) is 5.32 Å². The number of hydrogen-bond acceptors (Lipinski definition) is 2. The average Bonchev–Trinajstić information content (AvgIpc) is 2.47. The van der Waals surface area contributed by atoms with Gasteiger partial charge in [0, 0.05) is 12.6 Å². The van der Waals surface area contributed by atoms with Crippen molar-refractivity contribution in [2.24, 2.45) is 0 Å². The zero-order valence-electron chi connectivity index (χ0n) is 12.5. The van der Waals surface area contributed by atoms with Crippen LogP contribution in [0.3, 0.4) is 0 Å². The number of carbonyl (C=O) groups excluding carboxylic acids is 1. The molecule has 22 heavy (non-hydrogen) atoms. The van der Waals surface area contributed by atoms with Gasteiger partial charge in [-0.3, -0.25) is 9.59 Å². The van der Waals surface area contributed by atoms with Crippen LogP contribution in [0.5, 0.6) is 0 Å². The molecular weight excluding hydrogens is 278 g/mol. The summed E-state index contributed by atoms with van der Waals surface area (Å²) in [6.45, 7) is 1.46. The Morgan fingerprint density at radius 2 is 1.82 bits per heavy atom. The number of carboxylic acid groups (broad SMARTS) is 1. The third-order valence-corrected chi connectivity index (χ3v) is 3.42. The highest BCUT2D eigenvalue weighted by molar-refractivity contribution is 5.88. The minimum absolute atomic E-state index is 0.0778. The Kier molecular flexibility index (Phi) is 5.31. The molecule has 0 heterocycles. The Balaban J connectivity index is 2.20. The van der Waals surface area contributed by atoms with Crippen molar-refractivity contribution in [3.05, 3.63) is 65.7 Å². The maximum atomic E-state index is 11.1. The van der Waals surface area contributed by atoms with Crippen molar-refractivity contribution in [1.82, 2.24) is 0 Å². The minimum atomic E-state index is -0.813. The first-order chi connectivity index (χ1) is 10.5. The lowest BCUT2D eigenvalue weighted by Crippen LogP contribution is -2.10. The van der Waals surface area contributed by atoms with Gasteiger partial charge in [-0.1, -0.05) is 42.5 Å². The highest BCUT2D eigenvalue weighted by Crippen LogP contribution is 2.25. The van der Waals surface area contributed by atoms with Crippen molar-refractivity contribution in [3.63, 3.8) is 0 Å². The van der Waals surface area contributed by atoms with Crippen LogP contribution in [0.1, 0.15) is 30.4 Å². The number of anilines is 1. The standard InChI is InChI=1S/C18H19NO3/c1-13(20)19-17-9-5-6-14(11-17)10-16(12-18(21)22)15-7-3-2-4-8-15/h2-9,11,16H,10,12H2,1H3,(H,19,20)(H,21,22). The van der Waals surface area contributed by atoms with E-state index in [0.717, 1.165) is 16.8 Å². The predicted molar refractivity (Wildman–Crippen MR) is 85.9 cm³/mol. The molecule has 0 spiro atoms. The van der Waals surface area contributed by atoms with Crippen LogP contribution in [0.25, 0.3) is 0 Å². The van der Waals surface area contributed by atoms with E-state index in [1.165, 1.54) is 6.92 Å². The summed E-state index contributed by atoms with van der Waals surface area (Å²) in [5.41, 5.74) is 2.74. The Morgan fingerprint density at radius 1 is 1.09 bits per heavy atom. The molecule has 0 bridgehead atoms. The third-order valence-electron chi connectivity index (χ3n) is 3.42. The first kappa shape index (κ1) is 15.8. The number of nitrogens with one attached hydrogen (secondary N) is 1. The highest BCUT2D eigenvalue weighted by atomic mass is 16.4. The van der Waals surface area contributed by atoms with Crippen molar-refractivity contribution in [2.45, 2.75) is 25.7 Å². The first-order valence-electron chi connectivity index (χ1n) is 7.18. The number of rotatable bonds is 6. The van der Waals surface area contributed by atoms with Crippen molar-refractivity contribution in [2.75, 3.05) is 5.32 Å². The second-order valence-corrected chi connectivity index (χ2v) is 5.29. The summed E-state index contributed by atoms with van der Waals surface area (Å²) in [6.07, 6.45) is 0.693. The number of hydrogen-bond donors (Lipinski definition) is 2. The fourth-order valence-corrected chi connectivity index (χ4v) is 2.51. The Hall–Kier alpha value is -2.62. The number of aliphatic carboxylic acids is 1. The number of benzene rings is 2. The van der Waals surface area contributed by atoms with Gasteiger partial charge in [-0.05, 0) is 35.6 Å². The SMILES string of the molecule is CC(=O)Nc1cccc(CC(CC(=O)O)c2ccccc2)c1. The van der Waals surface area contributed by atoms with E-state index in [1.54, 1.807) is 0 Å². The van der Waals surface area contributed by atoms with E-state index < -0.39 is 5.97 Å². The molecule has 0 aliphatic carbocycles. The summed E-state index contributed by atoms with van der Waals surface area (Å²) in [5, 5.41) is 11.9. The minimum Gasteiger partial charge on any atom is -0.481 e. The lowest BCUT2D eigenvalue weighted by Gasteiger charge is -2.16. The molecule has 1 amide bonds. The van der Waals surface area contributed by atoms with Gasteiger partial charge in [0.15, 0.2) is 0 Å². The molecule has 0 aliphatic heterocycles. The Bertz CT molecular complexity index is 652. The zero-order chi connectivity index (χ0) is 15.9. The summed E-state index contributed by atoms with van der Waals surface area (Å²) in [5.74, 6) is -1.03. The van der Waals surface area contributed by atoms with Crippen LogP contribution < -0.4 is 5.32 Å². The van der Waals surface area contributed by atoms with Crippen LogP contribution in [0.2, 0.25) is 0 Å². The van der Waals surface area contributed by atoms with E-state index in [1.807, 2.05) is 54.6 Å². The van der Waals surface area contributed by atoms with Gasteiger partial charge in [-0.25, -0.2) is 0 Å². The second-order valence-electron chi connectivity index (χ2n) is 5.29. The van der Waals surface area contributed by atoms with Gasteiger partial charge in [0.1, 0.15) is 0 Å². The normalized spacial score (nSPS) is 11.7. The molecule has 4 nitrogen and oxygen atoms in total. The smallest absolute Gasteiger partial charge is 0.303 e. The molecule has 2 aromatic rings. The lowest BCUT2D eigenvalue weighted by atomic mass is 9.89. The van der Waals surface area contributed by atoms with Crippen LogP contribution in [0, 0.1) is 0 Å². The molecule has 2 N–H and O–H groups in total. The van der Waals surface area contributed by atoms with E-state index in [-0.39, 0.29) is 18.2 Å². The summed E-state index contributed by atoms with van der Waals surface area (Å²) in [7, 11) is 0. The first-order valence-corrected chi connectivity index (χ1v) is 7.18. The molecule has 0 aliphatic rings. The molecule has 2 aromatic carbocycles. The van der Waals surface area contributed by atoms with Gasteiger partial charge in [0.25, 0.3) is 0 Å². The van der Waals surface area contributed by atoms with Crippen LogP contribution in [0.4, 0.5) is 5.69 Å². The summed E-state index contributed by atoms with van der Waals surface area (Å²) in [6, 6.07) is 17.2. The summed E-state index contributed by atoms with van der Waals surface area (Å²) < 4.78 is 0. The number of amides is 1. The van der Waals surface area contributed by atoms with Crippen molar-refractivity contribution in [1.29, 1.82) is 0 Å². The van der Waals surface area contributed by atoms with E-state index in [9.17, 15) is 9.59 Å². The quantitative estimate of drug-likeness (QED) is 0.858. The summed E-state index contributed by atoms with van der Waals surface area (Å²) in [4.78, 5) is 22.3. The van der Waals surface area contributed by atoms with Crippen molar-refractivity contribution < 1.29 is 14.7 Å². The lowest BCUT2D eigenvalue weighted by molar-refractivity contribution is -0.137. The molecule has 0 aromatic heterocycles. The van der Waals surface area contributed by atoms with Gasteiger partial charge >= 0.3 is 5.97 Å². The molecule has 0 saturated heterocycles. The largest absolute Gasteiger partial charge is 0.481 e. The van der Waals surface area contributed by atoms with Gasteiger partial charge in [0.2, 0.25) is 5.91 Å². The van der Waals surface area contributed by atoms with Crippen molar-refractivity contribution >= 4 is 17.6 Å². The van der Waals surface area contributed by atoms with E-state index in [4.69, 9.17) is 5.11 Å². The van der Waals surface area contributed by atoms with Gasteiger partial charge in [-0.15, -0.1) is 0 Å². The van der Waals surface area contributed by atoms with Crippen LogP contribution >= 0.6 is 0 Å². The van der Waals surface area contributed by atoms with Crippen LogP contribution in [-0.2, 0) is 16.0 Å². The van der Waals surface area contributed by atoms with Gasteiger partial charge < -0.3 is 10.4 Å². The maximum absolute atomic E-state index is 11.1. The van der Waals surface area contributed by atoms with Crippen molar-refractivity contribution in [3.8, 4) is 0 Å². The fraction of sp³-hybridized carbons (Fsp3) is 0.222. The third kappa shape index (κ3) is 4.74. The summed E-state index contributed by atoms with van der Waals surface area (Å²) >= 11 is 0. The Morgan fingerprint density at radius 3 is 2.45 bits per heavy atom. The fourth-order valence-electron chi connectivity index (χ4n) is 2.51. The molecule has 2 rings (SSSR count). The molecule has 114 valence electrons. The number of carbonyl (C=O) groups is 2. The molecule has 0 radical (unpaired) electrons. The van der Waals surface area contributed by atoms with E-state index in [0.29, 0.717) is 6.42 Å². The topological polar surface area (TPSA) is 66.4 Å². The van der Waals surface area contributed by atoms with Crippen LogP contribution in [0.15, 0.2) is 54.6 Å². The molecule has 1 atom stereocenters. The predicted octanol–water partition coefficient (Wildman–Crippen LogP) is 3.45. The zero-order valence-corrected chi connectivity index (χ0v) is 12.5. The molecule has 0 saturated carbocycles. The Labute approximate surface area is 129 Å². The molecule has 4 heteroatoms. The highest BCUT2D eigenvalue weighted by Gasteiger charge is 2.16. The maximum Gasteiger partial charge on any atom is 0.303 e. The van der Waals surface area contributed by atoms with E-state index >= 15 is 0 Å². The molecule has 1 unspecified atom stereocenters. The second kappa shape index (κ2) is 7.41. The molecular formula is C18H19NO3. The van der Waals surface area contributed by atoms with Gasteiger partial charge in [-0.2, -0.15) is 0 Å². The number of carboxylic acids is 1. The average molecular weight is 297 g/mol. The van der Waals surface area contributed by atoms with Crippen LogP contribution in [-0.4, -0.2) is 17.0 Å². The monoisotopic (exact) mass is 297 g/mol. The van der Waals surface area contributed by atoms with Gasteiger partial charge in [0.05, 0.1) is 6.42 Å².